The SMILES string of the molecule is Cc1ncoc1[C@H]1CC[C@H](N)CC1. The monoisotopic (exact) mass is 180 g/mol. The van der Waals surface area contributed by atoms with Gasteiger partial charge in [0, 0.05) is 12.0 Å². The molecule has 0 saturated heterocycles. The van der Waals surface area contributed by atoms with E-state index in [1.165, 1.54) is 0 Å². The van der Waals surface area contributed by atoms with Gasteiger partial charge in [0.2, 0.25) is 0 Å². The zero-order valence-corrected chi connectivity index (χ0v) is 7.99. The van der Waals surface area contributed by atoms with Gasteiger partial charge in [-0.3, -0.25) is 0 Å². The van der Waals surface area contributed by atoms with Crippen molar-refractivity contribution in [1.29, 1.82) is 0 Å². The summed E-state index contributed by atoms with van der Waals surface area (Å²) in [5, 5.41) is 0. The molecule has 1 aliphatic rings. The lowest BCUT2D eigenvalue weighted by atomic mass is 9.84. The van der Waals surface area contributed by atoms with Gasteiger partial charge in [-0.15, -0.1) is 0 Å². The fraction of sp³-hybridized carbons (Fsp3) is 0.700. The van der Waals surface area contributed by atoms with Gasteiger partial charge in [0.1, 0.15) is 5.76 Å². The number of nitrogens with zero attached hydrogens (tertiary/aromatic N) is 1. The van der Waals surface area contributed by atoms with E-state index in [0.717, 1.165) is 37.1 Å². The van der Waals surface area contributed by atoms with Crippen LogP contribution in [0.4, 0.5) is 0 Å². The summed E-state index contributed by atoms with van der Waals surface area (Å²) in [6.07, 6.45) is 6.07. The highest BCUT2D eigenvalue weighted by Crippen LogP contribution is 2.33. The number of hydrogen-bond donors (Lipinski definition) is 1. The first-order chi connectivity index (χ1) is 6.27. The summed E-state index contributed by atoms with van der Waals surface area (Å²) in [6.45, 7) is 2.01. The lowest BCUT2D eigenvalue weighted by Gasteiger charge is -2.24. The average molecular weight is 180 g/mol. The smallest absolute Gasteiger partial charge is 0.181 e. The van der Waals surface area contributed by atoms with Crippen molar-refractivity contribution in [1.82, 2.24) is 4.98 Å². The zero-order chi connectivity index (χ0) is 9.26. The molecule has 0 radical (unpaired) electrons. The maximum Gasteiger partial charge on any atom is 0.181 e. The van der Waals surface area contributed by atoms with Crippen LogP contribution in [-0.2, 0) is 0 Å². The lowest BCUT2D eigenvalue weighted by molar-refractivity contribution is 0.346. The predicted octanol–water partition coefficient (Wildman–Crippen LogP) is 1.97. The maximum absolute atomic E-state index is 5.84. The number of rotatable bonds is 1. The molecule has 0 amide bonds. The molecule has 72 valence electrons. The van der Waals surface area contributed by atoms with Gasteiger partial charge < -0.3 is 10.2 Å². The van der Waals surface area contributed by atoms with Gasteiger partial charge in [-0.2, -0.15) is 0 Å². The van der Waals surface area contributed by atoms with E-state index in [-0.39, 0.29) is 0 Å². The van der Waals surface area contributed by atoms with Crippen molar-refractivity contribution in [2.45, 2.75) is 44.6 Å². The third-order valence-corrected chi connectivity index (χ3v) is 2.93. The summed E-state index contributed by atoms with van der Waals surface area (Å²) < 4.78 is 5.39. The second-order valence-corrected chi connectivity index (χ2v) is 3.91. The van der Waals surface area contributed by atoms with E-state index in [0.29, 0.717) is 12.0 Å². The van der Waals surface area contributed by atoms with Gasteiger partial charge in [-0.1, -0.05) is 0 Å². The summed E-state index contributed by atoms with van der Waals surface area (Å²) in [5.41, 5.74) is 6.88. The minimum Gasteiger partial charge on any atom is -0.448 e. The van der Waals surface area contributed by atoms with Gasteiger partial charge in [-0.25, -0.2) is 4.98 Å². The lowest BCUT2D eigenvalue weighted by Crippen LogP contribution is -2.25. The van der Waals surface area contributed by atoms with E-state index < -0.39 is 0 Å². The molecular formula is C10H16N2O. The van der Waals surface area contributed by atoms with Gasteiger partial charge in [0.05, 0.1) is 5.69 Å². The minimum absolute atomic E-state index is 0.402. The van der Waals surface area contributed by atoms with E-state index in [4.69, 9.17) is 10.2 Å². The van der Waals surface area contributed by atoms with Gasteiger partial charge in [0.25, 0.3) is 0 Å². The van der Waals surface area contributed by atoms with Crippen LogP contribution in [-0.4, -0.2) is 11.0 Å². The molecule has 2 rings (SSSR count). The number of aromatic nitrogens is 1. The van der Waals surface area contributed by atoms with Crippen LogP contribution in [0.1, 0.15) is 43.1 Å². The molecule has 0 aromatic carbocycles. The third-order valence-electron chi connectivity index (χ3n) is 2.93. The molecule has 13 heavy (non-hydrogen) atoms. The molecule has 1 aliphatic carbocycles. The molecule has 0 unspecified atom stereocenters. The maximum atomic E-state index is 5.84. The average Bonchev–Trinajstić information content (AvgIpc) is 2.53. The standard InChI is InChI=1S/C10H16N2O/c1-7-10(13-6-12-7)8-2-4-9(11)5-3-8/h6,8-9H,2-5,11H2,1H3/t8-,9-. The molecule has 1 fully saturated rings. The Kier molecular flexibility index (Phi) is 2.36. The first kappa shape index (κ1) is 8.75. The van der Waals surface area contributed by atoms with Crippen molar-refractivity contribution in [3.63, 3.8) is 0 Å². The van der Waals surface area contributed by atoms with Crippen LogP contribution in [0.25, 0.3) is 0 Å². The largest absolute Gasteiger partial charge is 0.448 e. The Hall–Kier alpha value is -0.830. The molecule has 3 heteroatoms. The summed E-state index contributed by atoms with van der Waals surface area (Å²) in [7, 11) is 0. The molecule has 1 heterocycles. The van der Waals surface area contributed by atoms with Crippen molar-refractivity contribution in [2.75, 3.05) is 0 Å². The van der Waals surface area contributed by atoms with E-state index in [9.17, 15) is 0 Å². The Morgan fingerprint density at radius 3 is 2.62 bits per heavy atom. The Balaban J connectivity index is 2.06. The van der Waals surface area contributed by atoms with E-state index in [1.54, 1.807) is 6.39 Å². The van der Waals surface area contributed by atoms with Crippen LogP contribution >= 0.6 is 0 Å². The van der Waals surface area contributed by atoms with Crippen molar-refractivity contribution < 1.29 is 4.42 Å². The second kappa shape index (κ2) is 3.50. The zero-order valence-electron chi connectivity index (χ0n) is 7.99. The van der Waals surface area contributed by atoms with Crippen molar-refractivity contribution in [3.8, 4) is 0 Å². The van der Waals surface area contributed by atoms with E-state index >= 15 is 0 Å². The number of hydrogen-bond acceptors (Lipinski definition) is 3. The van der Waals surface area contributed by atoms with Crippen LogP contribution in [0.3, 0.4) is 0 Å². The minimum atomic E-state index is 0.402. The number of aryl methyl sites for hydroxylation is 1. The highest BCUT2D eigenvalue weighted by Gasteiger charge is 2.23. The van der Waals surface area contributed by atoms with Crippen LogP contribution in [0.5, 0.6) is 0 Å². The van der Waals surface area contributed by atoms with Crippen molar-refractivity contribution in [2.24, 2.45) is 5.73 Å². The van der Waals surface area contributed by atoms with Gasteiger partial charge >= 0.3 is 0 Å². The normalized spacial score (nSPS) is 29.1. The van der Waals surface area contributed by atoms with Crippen LogP contribution in [0, 0.1) is 6.92 Å². The number of oxazole rings is 1. The summed E-state index contributed by atoms with van der Waals surface area (Å²) in [6, 6.07) is 0.402. The quantitative estimate of drug-likeness (QED) is 0.718. The highest BCUT2D eigenvalue weighted by atomic mass is 16.3. The Morgan fingerprint density at radius 1 is 1.38 bits per heavy atom. The summed E-state index contributed by atoms with van der Waals surface area (Å²) >= 11 is 0. The predicted molar refractivity (Wildman–Crippen MR) is 50.4 cm³/mol. The molecule has 1 aromatic rings. The third kappa shape index (κ3) is 1.75. The Labute approximate surface area is 78.3 Å². The first-order valence-corrected chi connectivity index (χ1v) is 4.93. The van der Waals surface area contributed by atoms with E-state index in [1.807, 2.05) is 6.92 Å². The molecule has 1 saturated carbocycles. The Bertz CT molecular complexity index is 274. The fourth-order valence-corrected chi connectivity index (χ4v) is 2.08. The number of nitrogens with two attached hydrogens (primary N) is 1. The van der Waals surface area contributed by atoms with E-state index in [2.05, 4.69) is 4.98 Å². The van der Waals surface area contributed by atoms with Crippen LogP contribution < -0.4 is 5.73 Å². The molecular weight excluding hydrogens is 164 g/mol. The van der Waals surface area contributed by atoms with Gasteiger partial charge in [0.15, 0.2) is 6.39 Å². The van der Waals surface area contributed by atoms with Crippen molar-refractivity contribution >= 4 is 0 Å². The van der Waals surface area contributed by atoms with Crippen LogP contribution in [0.2, 0.25) is 0 Å². The fourth-order valence-electron chi connectivity index (χ4n) is 2.08. The van der Waals surface area contributed by atoms with Gasteiger partial charge in [-0.05, 0) is 32.6 Å². The molecule has 0 bridgehead atoms. The molecule has 3 nitrogen and oxygen atoms in total. The molecule has 1 aromatic heterocycles. The van der Waals surface area contributed by atoms with Crippen molar-refractivity contribution in [3.05, 3.63) is 17.8 Å². The molecule has 0 aliphatic heterocycles. The summed E-state index contributed by atoms with van der Waals surface area (Å²) in [4.78, 5) is 4.11. The highest BCUT2D eigenvalue weighted by molar-refractivity contribution is 5.11. The second-order valence-electron chi connectivity index (χ2n) is 3.91. The summed E-state index contributed by atoms with van der Waals surface area (Å²) in [5.74, 6) is 1.63. The molecule has 0 spiro atoms. The first-order valence-electron chi connectivity index (χ1n) is 4.93. The molecule has 0 atom stereocenters. The molecule has 2 N–H and O–H groups in total. The van der Waals surface area contributed by atoms with Crippen LogP contribution in [0.15, 0.2) is 10.8 Å². The Morgan fingerprint density at radius 2 is 2.08 bits per heavy atom. The topological polar surface area (TPSA) is 52.0 Å².